The topological polar surface area (TPSA) is 78.5 Å². The molecule has 2 unspecified atom stereocenters. The van der Waals surface area contributed by atoms with E-state index in [1.54, 1.807) is 0 Å². The zero-order chi connectivity index (χ0) is 30.6. The van der Waals surface area contributed by atoms with Crippen molar-refractivity contribution >= 4 is 0 Å². The van der Waals surface area contributed by atoms with Crippen molar-refractivity contribution in [1.82, 2.24) is 4.98 Å². The van der Waals surface area contributed by atoms with E-state index in [1.807, 2.05) is 0 Å². The Kier molecular flexibility index (Phi) is 9.08. The standard InChI is InChI=1S/C29H23F7N2O4/c1-16-20(3-2-4-23(16)39)26(30)29(35,36)19-6-7-22(37-15-19)21(13-17-9-11-38(40)12-10-17)18-5-8-24(41-27(31)32)25(14-18)42-28(33)34/h2-12,14-15,21,26-28,39H,13H2,1H3. The van der Waals surface area contributed by atoms with Crippen molar-refractivity contribution in [3.05, 3.63) is 118 Å². The zero-order valence-electron chi connectivity index (χ0n) is 21.7. The minimum atomic E-state index is -4.05. The Hall–Kier alpha value is -4.55. The van der Waals surface area contributed by atoms with E-state index in [1.165, 1.54) is 55.7 Å². The number of phenols is 1. The molecule has 2 atom stereocenters. The van der Waals surface area contributed by atoms with E-state index < -0.39 is 53.9 Å². The highest BCUT2D eigenvalue weighted by atomic mass is 19.3. The Morgan fingerprint density at radius 1 is 0.905 bits per heavy atom. The molecule has 2 heterocycles. The summed E-state index contributed by atoms with van der Waals surface area (Å²) in [5.41, 5.74) is -0.290. The number of aromatic nitrogens is 2. The highest BCUT2D eigenvalue weighted by molar-refractivity contribution is 5.46. The molecule has 4 rings (SSSR count). The monoisotopic (exact) mass is 596 g/mol. The van der Waals surface area contributed by atoms with Crippen LogP contribution in [0.25, 0.3) is 0 Å². The first kappa shape index (κ1) is 30.4. The maximum atomic E-state index is 15.2. The third kappa shape index (κ3) is 6.84. The molecule has 0 bridgehead atoms. The minimum Gasteiger partial charge on any atom is -0.619 e. The fourth-order valence-electron chi connectivity index (χ4n) is 4.40. The van der Waals surface area contributed by atoms with E-state index >= 15 is 13.2 Å². The van der Waals surface area contributed by atoms with E-state index in [0.29, 0.717) is 10.3 Å². The Morgan fingerprint density at radius 2 is 1.57 bits per heavy atom. The molecule has 0 radical (unpaired) electrons. The first-order valence-corrected chi connectivity index (χ1v) is 12.3. The number of halogens is 7. The van der Waals surface area contributed by atoms with Gasteiger partial charge in [0.2, 0.25) is 0 Å². The van der Waals surface area contributed by atoms with Crippen molar-refractivity contribution < 1.29 is 50.0 Å². The molecule has 0 aliphatic heterocycles. The summed E-state index contributed by atoms with van der Waals surface area (Å²) in [4.78, 5) is 4.11. The second kappa shape index (κ2) is 12.5. The van der Waals surface area contributed by atoms with Gasteiger partial charge in [-0.15, -0.1) is 0 Å². The largest absolute Gasteiger partial charge is 0.619 e. The zero-order valence-corrected chi connectivity index (χ0v) is 21.7. The molecule has 0 spiro atoms. The molecule has 0 saturated heterocycles. The van der Waals surface area contributed by atoms with Crippen molar-refractivity contribution in [2.45, 2.75) is 44.6 Å². The van der Waals surface area contributed by atoms with Crippen LogP contribution in [0.4, 0.5) is 30.7 Å². The molecule has 0 amide bonds. The first-order valence-electron chi connectivity index (χ1n) is 12.3. The van der Waals surface area contributed by atoms with Gasteiger partial charge in [0, 0.05) is 35.5 Å². The Balaban J connectivity index is 1.73. The van der Waals surface area contributed by atoms with Gasteiger partial charge in [0.05, 0.1) is 0 Å². The molecule has 0 aliphatic rings. The molecule has 0 aliphatic carbocycles. The maximum absolute atomic E-state index is 15.2. The number of pyridine rings is 2. The van der Waals surface area contributed by atoms with Gasteiger partial charge in [0.1, 0.15) is 5.75 Å². The number of hydrogen-bond donors (Lipinski definition) is 1. The SMILES string of the molecule is Cc1c(O)cccc1C(F)C(F)(F)c1ccc(C(Cc2cc[n+]([O-])cc2)c2ccc(OC(F)F)c(OC(F)F)c2)nc1. The Bertz CT molecular complexity index is 1500. The second-order valence-electron chi connectivity index (χ2n) is 9.23. The van der Waals surface area contributed by atoms with Crippen LogP contribution in [0, 0.1) is 12.1 Å². The average Bonchev–Trinajstić information content (AvgIpc) is 2.94. The van der Waals surface area contributed by atoms with Crippen molar-refractivity contribution in [1.29, 1.82) is 0 Å². The highest BCUT2D eigenvalue weighted by Gasteiger charge is 2.44. The van der Waals surface area contributed by atoms with Crippen molar-refractivity contribution in [2.75, 3.05) is 0 Å². The fourth-order valence-corrected chi connectivity index (χ4v) is 4.40. The number of rotatable bonds is 11. The summed E-state index contributed by atoms with van der Waals surface area (Å²) in [5.74, 6) is -6.58. The van der Waals surface area contributed by atoms with Crippen LogP contribution < -0.4 is 14.2 Å². The van der Waals surface area contributed by atoms with E-state index in [9.17, 15) is 27.9 Å². The van der Waals surface area contributed by atoms with Gasteiger partial charge in [0.25, 0.3) is 0 Å². The smallest absolute Gasteiger partial charge is 0.387 e. The molecule has 6 nitrogen and oxygen atoms in total. The molecular weight excluding hydrogens is 573 g/mol. The van der Waals surface area contributed by atoms with Crippen LogP contribution in [0.5, 0.6) is 17.2 Å². The van der Waals surface area contributed by atoms with Crippen molar-refractivity contribution in [3.8, 4) is 17.2 Å². The summed E-state index contributed by atoms with van der Waals surface area (Å²) >= 11 is 0. The third-order valence-corrected chi connectivity index (χ3v) is 6.58. The normalized spacial score (nSPS) is 13.3. The van der Waals surface area contributed by atoms with Crippen LogP contribution in [-0.4, -0.2) is 23.3 Å². The van der Waals surface area contributed by atoms with Crippen molar-refractivity contribution in [3.63, 3.8) is 0 Å². The molecule has 42 heavy (non-hydrogen) atoms. The number of hydrogen-bond acceptors (Lipinski definition) is 5. The number of ether oxygens (including phenoxy) is 2. The van der Waals surface area contributed by atoms with Gasteiger partial charge in [-0.2, -0.15) is 31.1 Å². The van der Waals surface area contributed by atoms with Gasteiger partial charge in [-0.1, -0.05) is 18.2 Å². The molecule has 4 aromatic rings. The lowest BCUT2D eigenvalue weighted by molar-refractivity contribution is -0.605. The summed E-state index contributed by atoms with van der Waals surface area (Å²) in [6, 6.07) is 12.1. The predicted molar refractivity (Wildman–Crippen MR) is 135 cm³/mol. The number of nitrogens with zero attached hydrogens (tertiary/aromatic N) is 2. The summed E-state index contributed by atoms with van der Waals surface area (Å²) < 4.78 is 106. The van der Waals surface area contributed by atoms with Gasteiger partial charge in [-0.3, -0.25) is 4.98 Å². The third-order valence-electron chi connectivity index (χ3n) is 6.58. The summed E-state index contributed by atoms with van der Waals surface area (Å²) in [6.45, 7) is -5.39. The van der Waals surface area contributed by atoms with Gasteiger partial charge in [0.15, 0.2) is 30.1 Å². The van der Waals surface area contributed by atoms with Gasteiger partial charge >= 0.3 is 19.1 Å². The van der Waals surface area contributed by atoms with Crippen LogP contribution in [0.3, 0.4) is 0 Å². The first-order chi connectivity index (χ1) is 19.9. The fraction of sp³-hybridized carbons (Fsp3) is 0.241. The molecule has 2 aromatic carbocycles. The molecule has 222 valence electrons. The number of benzene rings is 2. The van der Waals surface area contributed by atoms with E-state index in [-0.39, 0.29) is 29.0 Å². The molecule has 2 aromatic heterocycles. The summed E-state index contributed by atoms with van der Waals surface area (Å²) in [6.07, 6.45) is 0.445. The Morgan fingerprint density at radius 3 is 2.19 bits per heavy atom. The molecule has 0 saturated carbocycles. The molecule has 0 fully saturated rings. The lowest BCUT2D eigenvalue weighted by Gasteiger charge is -2.24. The van der Waals surface area contributed by atoms with E-state index in [4.69, 9.17) is 0 Å². The number of alkyl halides is 7. The van der Waals surface area contributed by atoms with Crippen LogP contribution >= 0.6 is 0 Å². The second-order valence-corrected chi connectivity index (χ2v) is 9.23. The quantitative estimate of drug-likeness (QED) is 0.113. The lowest BCUT2D eigenvalue weighted by Crippen LogP contribution is -2.24. The maximum Gasteiger partial charge on any atom is 0.387 e. The average molecular weight is 596 g/mol. The van der Waals surface area contributed by atoms with Gasteiger partial charge < -0.3 is 19.8 Å². The van der Waals surface area contributed by atoms with Crippen molar-refractivity contribution in [2.24, 2.45) is 0 Å². The van der Waals surface area contributed by atoms with Gasteiger partial charge in [-0.25, -0.2) is 4.39 Å². The number of phenolic OH excluding ortho intramolecular Hbond substituents is 1. The summed E-state index contributed by atoms with van der Waals surface area (Å²) in [7, 11) is 0. The predicted octanol–water partition coefficient (Wildman–Crippen LogP) is 7.11. The van der Waals surface area contributed by atoms with E-state index in [2.05, 4.69) is 14.5 Å². The minimum absolute atomic E-state index is 0.0438. The van der Waals surface area contributed by atoms with Crippen LogP contribution in [-0.2, 0) is 12.3 Å². The van der Waals surface area contributed by atoms with Crippen LogP contribution in [0.15, 0.2) is 79.3 Å². The molecule has 13 heteroatoms. The van der Waals surface area contributed by atoms with Crippen LogP contribution in [0.2, 0.25) is 0 Å². The van der Waals surface area contributed by atoms with E-state index in [0.717, 1.165) is 30.5 Å². The lowest BCUT2D eigenvalue weighted by atomic mass is 9.88. The number of aromatic hydroxyl groups is 1. The highest BCUT2D eigenvalue weighted by Crippen LogP contribution is 2.45. The molecule has 1 N–H and O–H groups in total. The molecular formula is C29H23F7N2O4. The summed E-state index contributed by atoms with van der Waals surface area (Å²) in [5, 5.41) is 21.3. The van der Waals surface area contributed by atoms with Gasteiger partial charge in [-0.05, 0) is 65.9 Å². The van der Waals surface area contributed by atoms with Crippen LogP contribution in [0.1, 0.15) is 45.6 Å². The Labute approximate surface area is 235 Å².